The zero-order valence-electron chi connectivity index (χ0n) is 17.4. The van der Waals surface area contributed by atoms with Crippen LogP contribution in [-0.4, -0.2) is 41.2 Å². The molecule has 1 aliphatic rings. The van der Waals surface area contributed by atoms with E-state index in [-0.39, 0.29) is 18.6 Å². The van der Waals surface area contributed by atoms with Crippen LogP contribution in [0.15, 0.2) is 104 Å². The first-order valence-electron chi connectivity index (χ1n) is 10.6. The van der Waals surface area contributed by atoms with E-state index in [0.29, 0.717) is 13.0 Å². The topological polar surface area (TPSA) is 49.8 Å². The third-order valence-corrected chi connectivity index (χ3v) is 5.89. The number of hydrogen-bond acceptors (Lipinski definition) is 3. The van der Waals surface area contributed by atoms with Crippen molar-refractivity contribution >= 4 is 5.91 Å². The minimum absolute atomic E-state index is 0.0318. The number of ether oxygens (including phenoxy) is 1. The van der Waals surface area contributed by atoms with Crippen LogP contribution < -0.4 is 0 Å². The second kappa shape index (κ2) is 9.29. The van der Waals surface area contributed by atoms with Gasteiger partial charge in [0.15, 0.2) is 0 Å². The lowest BCUT2D eigenvalue weighted by molar-refractivity contribution is -0.155. The van der Waals surface area contributed by atoms with Crippen LogP contribution in [0.25, 0.3) is 0 Å². The van der Waals surface area contributed by atoms with Crippen LogP contribution in [0.1, 0.15) is 23.1 Å². The monoisotopic (exact) mass is 413 g/mol. The van der Waals surface area contributed by atoms with Crippen LogP contribution in [0, 0.1) is 0 Å². The van der Waals surface area contributed by atoms with Crippen molar-refractivity contribution in [3.05, 3.63) is 120 Å². The summed E-state index contributed by atoms with van der Waals surface area (Å²) in [6.45, 7) is 4.23. The molecular formula is C27H27NO3. The Morgan fingerprint density at radius 3 is 1.77 bits per heavy atom. The Hall–Kier alpha value is -3.21. The Morgan fingerprint density at radius 2 is 1.39 bits per heavy atom. The molecular weight excluding hydrogens is 386 g/mol. The maximum Gasteiger partial charge on any atom is 0.225 e. The second-order valence-corrected chi connectivity index (χ2v) is 7.76. The van der Waals surface area contributed by atoms with Gasteiger partial charge in [-0.2, -0.15) is 0 Å². The van der Waals surface area contributed by atoms with E-state index < -0.39 is 11.7 Å². The van der Waals surface area contributed by atoms with Crippen LogP contribution in [0.2, 0.25) is 0 Å². The Bertz CT molecular complexity index is 908. The number of likely N-dealkylation sites (tertiary alicyclic amines) is 1. The first-order chi connectivity index (χ1) is 15.2. The largest absolute Gasteiger partial charge is 0.389 e. The number of β-lactam (4-membered cyclic amide) rings is 1. The van der Waals surface area contributed by atoms with E-state index in [1.807, 2.05) is 91.0 Å². The summed E-state index contributed by atoms with van der Waals surface area (Å²) in [5.41, 5.74) is 2.05. The molecule has 0 saturated carbocycles. The summed E-state index contributed by atoms with van der Waals surface area (Å²) in [5.74, 6) is 0.0318. The Morgan fingerprint density at radius 1 is 0.935 bits per heavy atom. The SMILES string of the molecule is C=CCN1C(=O)C[C@H]1[C@@H](O)COC(c1ccccc1)(c1ccccc1)c1ccccc1. The van der Waals surface area contributed by atoms with Gasteiger partial charge in [0.25, 0.3) is 0 Å². The summed E-state index contributed by atoms with van der Waals surface area (Å²) < 4.78 is 6.65. The molecule has 158 valence electrons. The first kappa shape index (κ1) is 21.0. The number of aliphatic hydroxyl groups excluding tert-OH is 1. The molecule has 4 rings (SSSR count). The van der Waals surface area contributed by atoms with E-state index in [1.165, 1.54) is 0 Å². The second-order valence-electron chi connectivity index (χ2n) is 7.76. The Balaban J connectivity index is 1.72. The van der Waals surface area contributed by atoms with Gasteiger partial charge in [-0.1, -0.05) is 97.1 Å². The first-order valence-corrected chi connectivity index (χ1v) is 10.6. The van der Waals surface area contributed by atoms with Crippen LogP contribution >= 0.6 is 0 Å². The van der Waals surface area contributed by atoms with Crippen LogP contribution in [-0.2, 0) is 15.1 Å². The van der Waals surface area contributed by atoms with Crippen LogP contribution in [0.3, 0.4) is 0 Å². The molecule has 4 nitrogen and oxygen atoms in total. The maximum absolute atomic E-state index is 11.9. The Kier molecular flexibility index (Phi) is 6.31. The van der Waals surface area contributed by atoms with Gasteiger partial charge in [0.1, 0.15) is 5.60 Å². The van der Waals surface area contributed by atoms with E-state index >= 15 is 0 Å². The standard InChI is InChI=1S/C27H27NO3/c1-2-18-28-24(19-26(28)30)25(29)20-31-27(21-12-6-3-7-13-21,22-14-8-4-9-15-22)23-16-10-5-11-17-23/h2-17,24-25,29H,1,18-20H2/t24-,25-/m0/s1. The number of nitrogens with zero attached hydrogens (tertiary/aromatic N) is 1. The fourth-order valence-corrected chi connectivity index (χ4v) is 4.29. The Labute approximate surface area is 183 Å². The third-order valence-electron chi connectivity index (χ3n) is 5.89. The summed E-state index contributed by atoms with van der Waals surface area (Å²) in [6, 6.07) is 29.9. The zero-order chi connectivity index (χ0) is 21.7. The molecule has 4 heteroatoms. The fourth-order valence-electron chi connectivity index (χ4n) is 4.29. The fraction of sp³-hybridized carbons (Fsp3) is 0.222. The number of carbonyl (C=O) groups excluding carboxylic acids is 1. The molecule has 0 unspecified atom stereocenters. The molecule has 0 aromatic heterocycles. The highest BCUT2D eigenvalue weighted by Crippen LogP contribution is 2.40. The van der Waals surface area contributed by atoms with Crippen molar-refractivity contribution < 1.29 is 14.6 Å². The molecule has 1 amide bonds. The van der Waals surface area contributed by atoms with Crippen molar-refractivity contribution in [1.29, 1.82) is 0 Å². The van der Waals surface area contributed by atoms with Gasteiger partial charge in [-0.05, 0) is 16.7 Å². The minimum atomic E-state index is -0.887. The number of amides is 1. The highest BCUT2D eigenvalue weighted by atomic mass is 16.5. The van der Waals surface area contributed by atoms with E-state index in [9.17, 15) is 9.90 Å². The van der Waals surface area contributed by atoms with Gasteiger partial charge in [0.05, 0.1) is 18.8 Å². The van der Waals surface area contributed by atoms with Gasteiger partial charge >= 0.3 is 0 Å². The van der Waals surface area contributed by atoms with Crippen LogP contribution in [0.5, 0.6) is 0 Å². The van der Waals surface area contributed by atoms with Gasteiger partial charge in [-0.25, -0.2) is 0 Å². The van der Waals surface area contributed by atoms with Gasteiger partial charge in [-0.15, -0.1) is 6.58 Å². The van der Waals surface area contributed by atoms with E-state index in [4.69, 9.17) is 4.74 Å². The predicted molar refractivity (Wildman–Crippen MR) is 121 cm³/mol. The lowest BCUT2D eigenvalue weighted by atomic mass is 9.80. The van der Waals surface area contributed by atoms with Crippen molar-refractivity contribution in [1.82, 2.24) is 4.90 Å². The van der Waals surface area contributed by atoms with Crippen molar-refractivity contribution in [2.45, 2.75) is 24.2 Å². The molecule has 0 aliphatic carbocycles. The molecule has 1 saturated heterocycles. The summed E-state index contributed by atoms with van der Waals surface area (Å²) in [6.07, 6.45) is 1.21. The van der Waals surface area contributed by atoms with E-state index in [1.54, 1.807) is 11.0 Å². The quantitative estimate of drug-likeness (QED) is 0.326. The van der Waals surface area contributed by atoms with Crippen molar-refractivity contribution in [2.24, 2.45) is 0 Å². The molecule has 1 N–H and O–H groups in total. The molecule has 1 heterocycles. The number of benzene rings is 3. The molecule has 0 radical (unpaired) electrons. The number of carbonyl (C=O) groups is 1. The van der Waals surface area contributed by atoms with Gasteiger partial charge < -0.3 is 14.7 Å². The molecule has 3 aromatic rings. The molecule has 0 spiro atoms. The molecule has 31 heavy (non-hydrogen) atoms. The highest BCUT2D eigenvalue weighted by molar-refractivity contribution is 5.83. The summed E-state index contributed by atoms with van der Waals surface area (Å²) >= 11 is 0. The zero-order valence-corrected chi connectivity index (χ0v) is 17.4. The highest BCUT2D eigenvalue weighted by Gasteiger charge is 2.43. The van der Waals surface area contributed by atoms with Crippen molar-refractivity contribution in [2.75, 3.05) is 13.2 Å². The number of aliphatic hydroxyl groups is 1. The van der Waals surface area contributed by atoms with Gasteiger partial charge in [0, 0.05) is 13.0 Å². The average molecular weight is 414 g/mol. The van der Waals surface area contributed by atoms with E-state index in [0.717, 1.165) is 16.7 Å². The number of rotatable bonds is 9. The normalized spacial score (nSPS) is 17.1. The van der Waals surface area contributed by atoms with Gasteiger partial charge in [0.2, 0.25) is 5.91 Å². The summed E-state index contributed by atoms with van der Waals surface area (Å²) in [7, 11) is 0. The van der Waals surface area contributed by atoms with Crippen molar-refractivity contribution in [3.8, 4) is 0 Å². The predicted octanol–water partition coefficient (Wildman–Crippen LogP) is 4.14. The van der Waals surface area contributed by atoms with Crippen LogP contribution in [0.4, 0.5) is 0 Å². The summed E-state index contributed by atoms with van der Waals surface area (Å²) in [5, 5.41) is 10.9. The smallest absolute Gasteiger partial charge is 0.225 e. The third kappa shape index (κ3) is 4.05. The number of hydrogen-bond donors (Lipinski definition) is 1. The van der Waals surface area contributed by atoms with E-state index in [2.05, 4.69) is 6.58 Å². The van der Waals surface area contributed by atoms with Gasteiger partial charge in [-0.3, -0.25) is 4.79 Å². The minimum Gasteiger partial charge on any atom is -0.389 e. The molecule has 3 aromatic carbocycles. The maximum atomic E-state index is 11.9. The molecule has 1 aliphatic heterocycles. The lowest BCUT2D eigenvalue weighted by Crippen LogP contribution is -2.59. The van der Waals surface area contributed by atoms with Crippen molar-refractivity contribution in [3.63, 3.8) is 0 Å². The summed E-state index contributed by atoms with van der Waals surface area (Å²) in [4.78, 5) is 13.6. The molecule has 1 fully saturated rings. The lowest BCUT2D eigenvalue weighted by Gasteiger charge is -2.44. The average Bonchev–Trinajstić information content (AvgIpc) is 2.83. The molecule has 0 bridgehead atoms. The molecule has 2 atom stereocenters.